The fourth-order valence-electron chi connectivity index (χ4n) is 3.23. The van der Waals surface area contributed by atoms with Gasteiger partial charge in [0.1, 0.15) is 19.0 Å². The number of aromatic carboxylic acids is 1. The van der Waals surface area contributed by atoms with Crippen molar-refractivity contribution in [2.75, 3.05) is 13.2 Å². The Labute approximate surface area is 185 Å². The fourth-order valence-corrected chi connectivity index (χ4v) is 3.23. The molecule has 0 aliphatic rings. The minimum atomic E-state index is -1.04. The number of carbonyl (C=O) groups is 1. The zero-order valence-corrected chi connectivity index (χ0v) is 18.1. The molecule has 1 heterocycles. The summed E-state index contributed by atoms with van der Waals surface area (Å²) in [4.78, 5) is 26.5. The molecule has 0 radical (unpaired) electrons. The van der Waals surface area contributed by atoms with Crippen LogP contribution in [0.1, 0.15) is 35.7 Å². The van der Waals surface area contributed by atoms with Crippen LogP contribution < -0.4 is 19.8 Å². The number of aromatic amines is 1. The van der Waals surface area contributed by atoms with Crippen molar-refractivity contribution < 1.29 is 24.1 Å². The lowest BCUT2D eigenvalue weighted by atomic mass is 10.0. The first-order valence-corrected chi connectivity index (χ1v) is 10.1. The first kappa shape index (κ1) is 22.6. The number of aromatic nitrogens is 3. The van der Waals surface area contributed by atoms with Crippen LogP contribution in [0.2, 0.25) is 0 Å². The first-order valence-electron chi connectivity index (χ1n) is 10.1. The van der Waals surface area contributed by atoms with Crippen LogP contribution in [0.15, 0.2) is 72.8 Å². The van der Waals surface area contributed by atoms with Crippen LogP contribution in [-0.2, 0) is 0 Å². The van der Waals surface area contributed by atoms with Gasteiger partial charge >= 0.3 is 11.7 Å². The molecule has 8 nitrogen and oxygen atoms in total. The highest BCUT2D eigenvalue weighted by molar-refractivity contribution is 5.87. The molecule has 32 heavy (non-hydrogen) atoms. The number of rotatable bonds is 10. The third kappa shape index (κ3) is 4.64. The van der Waals surface area contributed by atoms with Crippen molar-refractivity contribution in [1.29, 1.82) is 0 Å². The largest absolute Gasteiger partial charge is 0.489 e. The quantitative estimate of drug-likeness (QED) is 0.375. The maximum atomic E-state index is 12.7. The lowest BCUT2D eigenvalue weighted by Gasteiger charge is -2.17. The Morgan fingerprint density at radius 3 is 2.31 bits per heavy atom. The third-order valence-corrected chi connectivity index (χ3v) is 4.75. The minimum Gasteiger partial charge on any atom is -0.489 e. The molecule has 0 bridgehead atoms. The average Bonchev–Trinajstić information content (AvgIpc) is 3.16. The average molecular weight is 436 g/mol. The summed E-state index contributed by atoms with van der Waals surface area (Å²) in [6, 6.07) is 9.75. The highest BCUT2D eigenvalue weighted by atomic mass is 16.5. The van der Waals surface area contributed by atoms with E-state index in [1.165, 1.54) is 23.1 Å². The van der Waals surface area contributed by atoms with Crippen LogP contribution in [0.25, 0.3) is 11.4 Å². The number of carboxylic acids is 1. The van der Waals surface area contributed by atoms with E-state index < -0.39 is 5.97 Å². The zero-order chi connectivity index (χ0) is 23.3. The number of H-pyrrole nitrogens is 1. The Kier molecular flexibility index (Phi) is 6.94. The molecule has 0 saturated carbocycles. The molecule has 0 spiro atoms. The van der Waals surface area contributed by atoms with E-state index in [1.54, 1.807) is 35.0 Å². The van der Waals surface area contributed by atoms with Gasteiger partial charge in [0.25, 0.3) is 6.33 Å². The van der Waals surface area contributed by atoms with Gasteiger partial charge in [-0.3, -0.25) is 0 Å². The van der Waals surface area contributed by atoms with E-state index in [0.717, 1.165) is 5.56 Å². The molecule has 2 aromatic carbocycles. The monoisotopic (exact) mass is 436 g/mol. The van der Waals surface area contributed by atoms with Crippen molar-refractivity contribution in [3.8, 4) is 22.9 Å². The van der Waals surface area contributed by atoms with Gasteiger partial charge in [0.15, 0.2) is 11.4 Å². The van der Waals surface area contributed by atoms with E-state index in [0.29, 0.717) is 29.5 Å². The van der Waals surface area contributed by atoms with Crippen LogP contribution >= 0.6 is 0 Å². The predicted octanol–water partition coefficient (Wildman–Crippen LogP) is 3.39. The Balaban J connectivity index is 2.21. The summed E-state index contributed by atoms with van der Waals surface area (Å²) in [5.41, 5.74) is 1.78. The third-order valence-electron chi connectivity index (χ3n) is 4.75. The van der Waals surface area contributed by atoms with Gasteiger partial charge in [0, 0.05) is 11.6 Å². The Morgan fingerprint density at radius 2 is 1.75 bits per heavy atom. The van der Waals surface area contributed by atoms with Gasteiger partial charge in [0.2, 0.25) is 0 Å². The molecule has 2 N–H and O–H groups in total. The highest BCUT2D eigenvalue weighted by Gasteiger charge is 2.24. The van der Waals surface area contributed by atoms with Crippen molar-refractivity contribution in [3.63, 3.8) is 0 Å². The number of carboxylic acid groups (broad SMARTS) is 1. The van der Waals surface area contributed by atoms with E-state index in [-0.39, 0.29) is 23.8 Å². The summed E-state index contributed by atoms with van der Waals surface area (Å²) in [6.07, 6.45) is 4.82. The second kappa shape index (κ2) is 9.82. The first-order chi connectivity index (χ1) is 15.4. The van der Waals surface area contributed by atoms with Gasteiger partial charge < -0.3 is 14.6 Å². The second-order valence-corrected chi connectivity index (χ2v) is 7.30. The van der Waals surface area contributed by atoms with Crippen molar-refractivity contribution >= 4 is 5.97 Å². The van der Waals surface area contributed by atoms with Gasteiger partial charge in [-0.15, -0.1) is 9.36 Å². The van der Waals surface area contributed by atoms with E-state index in [9.17, 15) is 9.59 Å². The SMILES string of the molecule is C=CCOc1cc(OCC=C)c(-[n+]2c[nH]c(=O)n2-c2ccc(C(=O)O)cc2)cc1C(C)C. The van der Waals surface area contributed by atoms with Crippen LogP contribution in [0.4, 0.5) is 0 Å². The molecular weight excluding hydrogens is 410 g/mol. The predicted molar refractivity (Wildman–Crippen MR) is 120 cm³/mol. The van der Waals surface area contributed by atoms with E-state index in [1.807, 2.05) is 19.9 Å². The maximum Gasteiger partial charge on any atom is 0.449 e. The molecule has 1 aromatic heterocycles. The summed E-state index contributed by atoms with van der Waals surface area (Å²) >= 11 is 0. The summed E-state index contributed by atoms with van der Waals surface area (Å²) < 4.78 is 14.8. The molecule has 3 aromatic rings. The Hall–Kier alpha value is -4.07. The normalized spacial score (nSPS) is 10.7. The van der Waals surface area contributed by atoms with Gasteiger partial charge in [-0.2, -0.15) is 4.98 Å². The number of benzene rings is 2. The van der Waals surface area contributed by atoms with Crippen molar-refractivity contribution in [3.05, 3.63) is 89.6 Å². The van der Waals surface area contributed by atoms with E-state index >= 15 is 0 Å². The van der Waals surface area contributed by atoms with E-state index in [4.69, 9.17) is 14.6 Å². The number of hydrogen-bond acceptors (Lipinski definition) is 4. The summed E-state index contributed by atoms with van der Waals surface area (Å²) in [7, 11) is 0. The minimum absolute atomic E-state index is 0.129. The standard InChI is InChI=1S/C24H25N3O5/c1-5-11-31-21-14-22(32-12-6-2)20(13-19(21)16(3)4)26-15-25-24(30)27(26)18-9-7-17(8-10-18)23(28)29/h5-10,13-16H,1-2,11-12H2,3-4H3,(H,28,29)/p+1. The highest BCUT2D eigenvalue weighted by Crippen LogP contribution is 2.34. The molecule has 166 valence electrons. The molecule has 3 rings (SSSR count). The van der Waals surface area contributed by atoms with Crippen LogP contribution in [-0.4, -0.2) is 34.0 Å². The molecule has 0 amide bonds. The Morgan fingerprint density at radius 1 is 1.12 bits per heavy atom. The lowest BCUT2D eigenvalue weighted by Crippen LogP contribution is -2.43. The van der Waals surface area contributed by atoms with Gasteiger partial charge in [-0.25, -0.2) is 9.59 Å². The molecule has 0 aliphatic carbocycles. The van der Waals surface area contributed by atoms with Crippen LogP contribution in [0, 0.1) is 0 Å². The number of ether oxygens (including phenoxy) is 2. The molecule has 0 fully saturated rings. The molecule has 0 aliphatic heterocycles. The van der Waals surface area contributed by atoms with Gasteiger partial charge in [0.05, 0.1) is 11.3 Å². The second-order valence-electron chi connectivity index (χ2n) is 7.30. The summed E-state index contributed by atoms with van der Waals surface area (Å²) in [5.74, 6) is 0.256. The van der Waals surface area contributed by atoms with Gasteiger partial charge in [-0.1, -0.05) is 39.2 Å². The number of nitrogens with zero attached hydrogens (tertiary/aromatic N) is 2. The molecule has 0 atom stereocenters. The number of hydrogen-bond donors (Lipinski definition) is 2. The van der Waals surface area contributed by atoms with Crippen LogP contribution in [0.5, 0.6) is 11.5 Å². The maximum absolute atomic E-state index is 12.7. The fraction of sp³-hybridized carbons (Fsp3) is 0.208. The molecule has 8 heteroatoms. The topological polar surface area (TPSA) is 97.4 Å². The van der Waals surface area contributed by atoms with Crippen molar-refractivity contribution in [2.24, 2.45) is 0 Å². The van der Waals surface area contributed by atoms with Crippen molar-refractivity contribution in [2.45, 2.75) is 19.8 Å². The van der Waals surface area contributed by atoms with E-state index in [2.05, 4.69) is 18.1 Å². The van der Waals surface area contributed by atoms with Crippen LogP contribution in [0.3, 0.4) is 0 Å². The zero-order valence-electron chi connectivity index (χ0n) is 18.1. The number of nitrogens with one attached hydrogen (secondary N) is 1. The smallest absolute Gasteiger partial charge is 0.449 e. The van der Waals surface area contributed by atoms with Gasteiger partial charge in [-0.05, 0) is 36.2 Å². The Bertz CT molecular complexity index is 1190. The molecule has 0 unspecified atom stereocenters. The van der Waals surface area contributed by atoms with Crippen molar-refractivity contribution in [1.82, 2.24) is 9.67 Å². The summed E-state index contributed by atoms with van der Waals surface area (Å²) in [5, 5.41) is 9.16. The summed E-state index contributed by atoms with van der Waals surface area (Å²) in [6.45, 7) is 12.1. The molecule has 0 saturated heterocycles. The lowest BCUT2D eigenvalue weighted by molar-refractivity contribution is -0.677. The molecular formula is C24H26N3O5+.